The fourth-order valence-electron chi connectivity index (χ4n) is 1.36. The first-order valence-electron chi connectivity index (χ1n) is 5.67. The Kier molecular flexibility index (Phi) is 4.95. The smallest absolute Gasteiger partial charge is 0.422 e. The minimum atomic E-state index is -4.35. The van der Waals surface area contributed by atoms with Crippen LogP contribution in [0.5, 0.6) is 5.88 Å². The lowest BCUT2D eigenvalue weighted by Crippen LogP contribution is -2.22. The maximum absolute atomic E-state index is 12.0. The summed E-state index contributed by atoms with van der Waals surface area (Å²) in [7, 11) is 0. The molecule has 0 saturated heterocycles. The van der Waals surface area contributed by atoms with E-state index in [1.165, 1.54) is 6.07 Å². The second kappa shape index (κ2) is 6.04. The molecule has 0 unspecified atom stereocenters. The largest absolute Gasteiger partial charge is 0.468 e. The molecule has 102 valence electrons. The first-order valence-corrected chi connectivity index (χ1v) is 5.67. The molecule has 0 saturated carbocycles. The Labute approximate surface area is 104 Å². The van der Waals surface area contributed by atoms with E-state index in [0.717, 1.165) is 5.56 Å². The fourth-order valence-corrected chi connectivity index (χ4v) is 1.36. The molecule has 0 radical (unpaired) electrons. The van der Waals surface area contributed by atoms with Crippen LogP contribution in [0.15, 0.2) is 12.1 Å². The number of alkyl halides is 3. The summed E-state index contributed by atoms with van der Waals surface area (Å²) < 4.78 is 40.7. The van der Waals surface area contributed by atoms with Crippen LogP contribution in [0.1, 0.15) is 25.1 Å². The molecule has 1 N–H and O–H groups in total. The van der Waals surface area contributed by atoms with Crippen LogP contribution < -0.4 is 10.1 Å². The molecular weight excluding hydrogens is 245 g/mol. The minimum absolute atomic E-state index is 0.00730. The van der Waals surface area contributed by atoms with Gasteiger partial charge in [0.05, 0.1) is 0 Å². The van der Waals surface area contributed by atoms with Crippen molar-refractivity contribution in [1.29, 1.82) is 0 Å². The van der Waals surface area contributed by atoms with Crippen molar-refractivity contribution in [3.63, 3.8) is 0 Å². The molecule has 0 aliphatic carbocycles. The van der Waals surface area contributed by atoms with E-state index in [9.17, 15) is 13.2 Å². The van der Waals surface area contributed by atoms with Crippen molar-refractivity contribution in [3.05, 3.63) is 23.4 Å². The maximum Gasteiger partial charge on any atom is 0.422 e. The fraction of sp³-hybridized carbons (Fsp3) is 0.583. The number of aromatic nitrogens is 1. The van der Waals surface area contributed by atoms with E-state index in [1.54, 1.807) is 6.92 Å². The first-order chi connectivity index (χ1) is 8.26. The number of pyridine rings is 1. The first kappa shape index (κ1) is 14.8. The second-order valence-electron chi connectivity index (χ2n) is 4.39. The number of nitrogens with zero attached hydrogens (tertiary/aromatic N) is 1. The highest BCUT2D eigenvalue weighted by atomic mass is 19.4. The van der Waals surface area contributed by atoms with Crippen LogP contribution in [-0.2, 0) is 6.54 Å². The lowest BCUT2D eigenvalue weighted by Gasteiger charge is -2.12. The van der Waals surface area contributed by atoms with Crippen LogP contribution in [0.4, 0.5) is 13.2 Å². The standard InChI is InChI=1S/C12H17F3N2O/c1-8(2)16-6-10-4-9(3)17-11(5-10)18-7-12(13,14)15/h4-5,8,16H,6-7H2,1-3H3. The normalized spacial score (nSPS) is 11.9. The average molecular weight is 262 g/mol. The number of rotatable bonds is 5. The number of nitrogens with one attached hydrogen (secondary N) is 1. The summed E-state index contributed by atoms with van der Waals surface area (Å²) in [6, 6.07) is 3.64. The third-order valence-electron chi connectivity index (χ3n) is 2.09. The zero-order valence-corrected chi connectivity index (χ0v) is 10.6. The van der Waals surface area contributed by atoms with Gasteiger partial charge in [-0.15, -0.1) is 0 Å². The summed E-state index contributed by atoms with van der Waals surface area (Å²) >= 11 is 0. The molecule has 6 heteroatoms. The Morgan fingerprint density at radius 2 is 2.00 bits per heavy atom. The van der Waals surface area contributed by atoms with Crippen LogP contribution in [0.2, 0.25) is 0 Å². The molecule has 1 rings (SSSR count). The topological polar surface area (TPSA) is 34.1 Å². The Balaban J connectivity index is 2.68. The van der Waals surface area contributed by atoms with E-state index in [0.29, 0.717) is 18.3 Å². The highest BCUT2D eigenvalue weighted by Crippen LogP contribution is 2.18. The quantitative estimate of drug-likeness (QED) is 0.886. The monoisotopic (exact) mass is 262 g/mol. The molecule has 1 heterocycles. The second-order valence-corrected chi connectivity index (χ2v) is 4.39. The van der Waals surface area contributed by atoms with Gasteiger partial charge in [-0.05, 0) is 18.6 Å². The van der Waals surface area contributed by atoms with Crippen LogP contribution in [0, 0.1) is 6.92 Å². The van der Waals surface area contributed by atoms with Gasteiger partial charge in [-0.2, -0.15) is 13.2 Å². The van der Waals surface area contributed by atoms with Gasteiger partial charge in [0.25, 0.3) is 0 Å². The molecule has 1 aromatic heterocycles. The van der Waals surface area contributed by atoms with Gasteiger partial charge >= 0.3 is 6.18 Å². The number of aryl methyl sites for hydroxylation is 1. The lowest BCUT2D eigenvalue weighted by molar-refractivity contribution is -0.154. The zero-order valence-electron chi connectivity index (χ0n) is 10.6. The highest BCUT2D eigenvalue weighted by Gasteiger charge is 2.28. The third-order valence-corrected chi connectivity index (χ3v) is 2.09. The van der Waals surface area contributed by atoms with E-state index < -0.39 is 12.8 Å². The molecule has 0 amide bonds. The Hall–Kier alpha value is -1.30. The van der Waals surface area contributed by atoms with Gasteiger partial charge in [0.2, 0.25) is 5.88 Å². The summed E-state index contributed by atoms with van der Waals surface area (Å²) in [6.45, 7) is 4.97. The predicted molar refractivity (Wildman–Crippen MR) is 62.5 cm³/mol. The van der Waals surface area contributed by atoms with Crippen LogP contribution in [0.3, 0.4) is 0 Å². The van der Waals surface area contributed by atoms with Gasteiger partial charge in [0.1, 0.15) is 0 Å². The zero-order chi connectivity index (χ0) is 13.8. The van der Waals surface area contributed by atoms with E-state index >= 15 is 0 Å². The average Bonchev–Trinajstić information content (AvgIpc) is 2.22. The van der Waals surface area contributed by atoms with Crippen LogP contribution in [-0.4, -0.2) is 23.8 Å². The molecule has 0 aliphatic rings. The van der Waals surface area contributed by atoms with Crippen molar-refractivity contribution >= 4 is 0 Å². The predicted octanol–water partition coefficient (Wildman–Crippen LogP) is 2.83. The van der Waals surface area contributed by atoms with E-state index in [2.05, 4.69) is 15.0 Å². The molecule has 18 heavy (non-hydrogen) atoms. The molecule has 3 nitrogen and oxygen atoms in total. The van der Waals surface area contributed by atoms with Gasteiger partial charge in [0.15, 0.2) is 6.61 Å². The molecule has 0 fully saturated rings. The number of ether oxygens (including phenoxy) is 1. The molecular formula is C12H17F3N2O. The van der Waals surface area contributed by atoms with Crippen LogP contribution >= 0.6 is 0 Å². The summed E-state index contributed by atoms with van der Waals surface area (Å²) in [4.78, 5) is 3.91. The van der Waals surface area contributed by atoms with Crippen molar-refractivity contribution < 1.29 is 17.9 Å². The maximum atomic E-state index is 12.0. The Morgan fingerprint density at radius 3 is 2.56 bits per heavy atom. The number of hydrogen-bond acceptors (Lipinski definition) is 3. The molecule has 0 aliphatic heterocycles. The minimum Gasteiger partial charge on any atom is -0.468 e. The van der Waals surface area contributed by atoms with Gasteiger partial charge in [-0.1, -0.05) is 13.8 Å². The summed E-state index contributed by atoms with van der Waals surface area (Å²) in [5.74, 6) is 0.00730. The summed E-state index contributed by atoms with van der Waals surface area (Å²) in [6.07, 6.45) is -4.35. The van der Waals surface area contributed by atoms with E-state index in [1.807, 2.05) is 19.9 Å². The van der Waals surface area contributed by atoms with Crippen molar-refractivity contribution in [1.82, 2.24) is 10.3 Å². The molecule has 0 spiro atoms. The molecule has 0 bridgehead atoms. The van der Waals surface area contributed by atoms with E-state index in [4.69, 9.17) is 0 Å². The van der Waals surface area contributed by atoms with Crippen molar-refractivity contribution in [2.45, 2.75) is 39.5 Å². The number of hydrogen-bond donors (Lipinski definition) is 1. The third kappa shape index (κ3) is 5.86. The number of halogens is 3. The van der Waals surface area contributed by atoms with E-state index in [-0.39, 0.29) is 5.88 Å². The van der Waals surface area contributed by atoms with Gasteiger partial charge in [-0.3, -0.25) is 0 Å². The molecule has 0 aromatic carbocycles. The molecule has 0 atom stereocenters. The Bertz CT molecular complexity index is 391. The molecule has 1 aromatic rings. The van der Waals surface area contributed by atoms with Crippen molar-refractivity contribution in [3.8, 4) is 5.88 Å². The lowest BCUT2D eigenvalue weighted by atomic mass is 10.2. The summed E-state index contributed by atoms with van der Waals surface area (Å²) in [5.41, 5.74) is 1.49. The van der Waals surface area contributed by atoms with Crippen molar-refractivity contribution in [2.75, 3.05) is 6.61 Å². The summed E-state index contributed by atoms with van der Waals surface area (Å²) in [5, 5.41) is 3.18. The van der Waals surface area contributed by atoms with Gasteiger partial charge in [0, 0.05) is 24.3 Å². The Morgan fingerprint density at radius 1 is 1.33 bits per heavy atom. The van der Waals surface area contributed by atoms with Gasteiger partial charge in [-0.25, -0.2) is 4.98 Å². The van der Waals surface area contributed by atoms with Crippen LogP contribution in [0.25, 0.3) is 0 Å². The van der Waals surface area contributed by atoms with Crippen molar-refractivity contribution in [2.24, 2.45) is 0 Å². The SMILES string of the molecule is Cc1cc(CNC(C)C)cc(OCC(F)(F)F)n1. The highest BCUT2D eigenvalue weighted by molar-refractivity contribution is 5.24. The van der Waals surface area contributed by atoms with Gasteiger partial charge < -0.3 is 10.1 Å².